The van der Waals surface area contributed by atoms with E-state index in [0.29, 0.717) is 24.1 Å². The number of hydrogen-bond donors (Lipinski definition) is 4. The highest BCUT2D eigenvalue weighted by Crippen LogP contribution is 2.46. The fourth-order valence-corrected chi connectivity index (χ4v) is 7.98. The molecule has 1 saturated carbocycles. The molecule has 15 heteroatoms. The molecule has 1 aliphatic carbocycles. The topological polar surface area (TPSA) is 212 Å². The number of nitrogens with one attached hydrogen (secondary N) is 4. The number of amides is 4. The van der Waals surface area contributed by atoms with Crippen molar-refractivity contribution in [3.05, 3.63) is 148 Å². The van der Waals surface area contributed by atoms with E-state index in [2.05, 4.69) is 55.2 Å². The number of ketones is 2. The Bertz CT molecular complexity index is 2630. The molecule has 2 unspecified atom stereocenters. The molecule has 1 aliphatic rings. The molecule has 15 nitrogen and oxygen atoms in total. The van der Waals surface area contributed by atoms with Crippen molar-refractivity contribution in [2.45, 2.75) is 66.8 Å². The SMILES string of the molecule is C=C(C)C(=O)COC(=O)c1ccc(Oc2ccc(C(=O)OCC(=O)C(=C)C)c(C(=O)Nc3ccc(C(=O)NC4CC(C)(C)CC(C)(CNC(=O)c5ccc(C)cc5)C4)cc3)c2)cc1C(=O)NC. The van der Waals surface area contributed by atoms with E-state index in [-0.39, 0.29) is 79.3 Å². The lowest BCUT2D eigenvalue weighted by Gasteiger charge is -2.47. The molecule has 67 heavy (non-hydrogen) atoms. The van der Waals surface area contributed by atoms with Crippen LogP contribution >= 0.6 is 0 Å². The lowest BCUT2D eigenvalue weighted by atomic mass is 9.62. The number of aryl methyl sites for hydroxylation is 1. The third kappa shape index (κ3) is 13.7. The van der Waals surface area contributed by atoms with Crippen LogP contribution in [0.3, 0.4) is 0 Å². The molecular formula is C52H56N4O11. The summed E-state index contributed by atoms with van der Waals surface area (Å²) in [6, 6.07) is 21.2. The van der Waals surface area contributed by atoms with Gasteiger partial charge in [0.25, 0.3) is 23.6 Å². The molecule has 4 aromatic rings. The van der Waals surface area contributed by atoms with Crippen LogP contribution in [0.15, 0.2) is 109 Å². The third-order valence-electron chi connectivity index (χ3n) is 11.2. The molecule has 0 radical (unpaired) electrons. The molecule has 4 amide bonds. The summed E-state index contributed by atoms with van der Waals surface area (Å²) in [5.41, 5.74) is 1.53. The van der Waals surface area contributed by atoms with Gasteiger partial charge in [0, 0.05) is 36.4 Å². The van der Waals surface area contributed by atoms with Crippen molar-refractivity contribution >= 4 is 52.8 Å². The van der Waals surface area contributed by atoms with Gasteiger partial charge in [-0.25, -0.2) is 9.59 Å². The average molecular weight is 913 g/mol. The second-order valence-corrected chi connectivity index (χ2v) is 18.0. The van der Waals surface area contributed by atoms with E-state index in [4.69, 9.17) is 14.2 Å². The Kier molecular flexibility index (Phi) is 16.2. The van der Waals surface area contributed by atoms with Crippen LogP contribution in [0.1, 0.15) is 122 Å². The lowest BCUT2D eigenvalue weighted by Crippen LogP contribution is -2.50. The van der Waals surface area contributed by atoms with Crippen LogP contribution in [0.25, 0.3) is 0 Å². The summed E-state index contributed by atoms with van der Waals surface area (Å²) in [6.45, 7) is 17.7. The molecule has 0 spiro atoms. The number of carbonyl (C=O) groups is 8. The number of rotatable bonds is 18. The standard InChI is InChI=1S/C52H56N4O11/c1-30(2)43(57)26-65-49(63)39-20-18-37(22-41(39)47(61)53-9)67-38-19-21-40(50(64)66-27-44(58)31(3)4)42(23-38)48(62)55-35-16-14-34(15-17-35)46(60)56-36-24-51(6,7)28-52(8,25-36)29-54-45(59)33-12-10-32(5)11-13-33/h10-23,36H,1,3,24-29H2,2,4-9H3,(H,53,61)(H,54,59)(H,55,62)(H,56,60). The van der Waals surface area contributed by atoms with Gasteiger partial charge >= 0.3 is 11.9 Å². The van der Waals surface area contributed by atoms with Gasteiger partial charge in [-0.05, 0) is 135 Å². The van der Waals surface area contributed by atoms with Crippen LogP contribution in [-0.2, 0) is 19.1 Å². The predicted octanol–water partition coefficient (Wildman–Crippen LogP) is 7.75. The zero-order valence-corrected chi connectivity index (χ0v) is 38.8. The first-order chi connectivity index (χ1) is 31.6. The van der Waals surface area contributed by atoms with Crippen molar-refractivity contribution in [1.29, 1.82) is 0 Å². The molecule has 2 atom stereocenters. The van der Waals surface area contributed by atoms with Crippen molar-refractivity contribution < 1.29 is 52.6 Å². The largest absolute Gasteiger partial charge is 0.457 e. The van der Waals surface area contributed by atoms with Gasteiger partial charge < -0.3 is 35.5 Å². The molecule has 0 aliphatic heterocycles. The summed E-state index contributed by atoms with van der Waals surface area (Å²) in [7, 11) is 1.36. The number of hydrogen-bond acceptors (Lipinski definition) is 11. The number of carbonyl (C=O) groups excluding carboxylic acids is 8. The molecule has 4 aromatic carbocycles. The smallest absolute Gasteiger partial charge is 0.339 e. The maximum atomic E-state index is 13.9. The van der Waals surface area contributed by atoms with Gasteiger partial charge in [0.05, 0.1) is 22.3 Å². The number of benzene rings is 4. The maximum absolute atomic E-state index is 13.9. The van der Waals surface area contributed by atoms with Gasteiger partial charge in [0.2, 0.25) is 0 Å². The van der Waals surface area contributed by atoms with Gasteiger partial charge in [-0.3, -0.25) is 28.8 Å². The quantitative estimate of drug-likeness (QED) is 0.0560. The lowest BCUT2D eigenvalue weighted by molar-refractivity contribution is -0.119. The van der Waals surface area contributed by atoms with Crippen molar-refractivity contribution in [2.24, 2.45) is 10.8 Å². The van der Waals surface area contributed by atoms with Gasteiger partial charge in [0.1, 0.15) is 11.5 Å². The highest BCUT2D eigenvalue weighted by atomic mass is 16.5. The Morgan fingerprint density at radius 1 is 0.627 bits per heavy atom. The van der Waals surface area contributed by atoms with Gasteiger partial charge in [-0.2, -0.15) is 0 Å². The van der Waals surface area contributed by atoms with Crippen LogP contribution < -0.4 is 26.0 Å². The van der Waals surface area contributed by atoms with Crippen molar-refractivity contribution in [3.8, 4) is 11.5 Å². The minimum absolute atomic E-state index is 0.0348. The van der Waals surface area contributed by atoms with Crippen LogP contribution in [0.2, 0.25) is 0 Å². The van der Waals surface area contributed by atoms with E-state index in [1.807, 2.05) is 19.1 Å². The molecule has 4 N–H and O–H groups in total. The number of anilines is 1. The Balaban J connectivity index is 1.32. The summed E-state index contributed by atoms with van der Waals surface area (Å²) in [6.07, 6.45) is 2.23. The second kappa shape index (κ2) is 21.5. The Hall–Kier alpha value is -7.68. The van der Waals surface area contributed by atoms with E-state index in [1.165, 1.54) is 69.4 Å². The van der Waals surface area contributed by atoms with E-state index < -0.39 is 48.5 Å². The minimum atomic E-state index is -0.983. The Labute approximate surface area is 389 Å². The summed E-state index contributed by atoms with van der Waals surface area (Å²) in [5.74, 6) is -4.73. The number of esters is 2. The molecule has 0 saturated heterocycles. The summed E-state index contributed by atoms with van der Waals surface area (Å²) in [4.78, 5) is 104. The molecule has 5 rings (SSSR count). The van der Waals surface area contributed by atoms with E-state index >= 15 is 0 Å². The van der Waals surface area contributed by atoms with Crippen LogP contribution in [0, 0.1) is 17.8 Å². The summed E-state index contributed by atoms with van der Waals surface area (Å²) in [5, 5.41) is 11.4. The van der Waals surface area contributed by atoms with Crippen LogP contribution in [-0.4, -0.2) is 80.0 Å². The van der Waals surface area contributed by atoms with Crippen LogP contribution in [0.4, 0.5) is 5.69 Å². The minimum Gasteiger partial charge on any atom is -0.457 e. The highest BCUT2D eigenvalue weighted by Gasteiger charge is 2.42. The van der Waals surface area contributed by atoms with E-state index in [9.17, 15) is 38.4 Å². The van der Waals surface area contributed by atoms with Gasteiger partial charge in [-0.1, -0.05) is 51.6 Å². The first-order valence-electron chi connectivity index (χ1n) is 21.5. The summed E-state index contributed by atoms with van der Waals surface area (Å²) >= 11 is 0. The van der Waals surface area contributed by atoms with Crippen LogP contribution in [0.5, 0.6) is 11.5 Å². The zero-order valence-electron chi connectivity index (χ0n) is 38.8. The Morgan fingerprint density at radius 2 is 1.12 bits per heavy atom. The fraction of sp³-hybridized carbons (Fsp3) is 0.308. The first-order valence-corrected chi connectivity index (χ1v) is 21.5. The molecule has 0 bridgehead atoms. The van der Waals surface area contributed by atoms with Crippen molar-refractivity contribution in [1.82, 2.24) is 16.0 Å². The molecule has 0 aromatic heterocycles. The molecule has 1 fully saturated rings. The maximum Gasteiger partial charge on any atom is 0.339 e. The zero-order chi connectivity index (χ0) is 49.2. The van der Waals surface area contributed by atoms with Gasteiger partial charge in [0.15, 0.2) is 24.8 Å². The summed E-state index contributed by atoms with van der Waals surface area (Å²) < 4.78 is 16.3. The predicted molar refractivity (Wildman–Crippen MR) is 251 cm³/mol. The van der Waals surface area contributed by atoms with E-state index in [1.54, 1.807) is 24.3 Å². The third-order valence-corrected chi connectivity index (χ3v) is 11.2. The Morgan fingerprint density at radius 3 is 1.63 bits per heavy atom. The fourth-order valence-electron chi connectivity index (χ4n) is 7.98. The number of ether oxygens (including phenoxy) is 3. The van der Waals surface area contributed by atoms with E-state index in [0.717, 1.165) is 18.4 Å². The normalized spacial score (nSPS) is 16.0. The van der Waals surface area contributed by atoms with Crippen molar-refractivity contribution in [3.63, 3.8) is 0 Å². The highest BCUT2D eigenvalue weighted by molar-refractivity contribution is 6.12. The molecule has 350 valence electrons. The second-order valence-electron chi connectivity index (χ2n) is 18.0. The molecule has 0 heterocycles. The number of Topliss-reactive ketones (excluding diaryl/α,β-unsaturated/α-hetero) is 2. The van der Waals surface area contributed by atoms with Crippen molar-refractivity contribution in [2.75, 3.05) is 32.1 Å². The molecular weight excluding hydrogens is 857 g/mol. The average Bonchev–Trinajstić information content (AvgIpc) is 3.28. The van der Waals surface area contributed by atoms with Gasteiger partial charge in [-0.15, -0.1) is 0 Å². The monoisotopic (exact) mass is 912 g/mol. The first kappa shape index (κ1) is 50.3.